The van der Waals surface area contributed by atoms with E-state index in [0.717, 1.165) is 16.4 Å². The zero-order chi connectivity index (χ0) is 26.8. The average molecular weight is 716 g/mol. The summed E-state index contributed by atoms with van der Waals surface area (Å²) in [5.74, 6) is -0.498. The van der Waals surface area contributed by atoms with Gasteiger partial charge in [-0.05, 0) is 60.5 Å². The summed E-state index contributed by atoms with van der Waals surface area (Å²) >= 11 is 4.33. The lowest BCUT2D eigenvalue weighted by molar-refractivity contribution is -0.145. The Labute approximate surface area is 236 Å². The van der Waals surface area contributed by atoms with Crippen LogP contribution in [0.1, 0.15) is 66.9 Å². The largest absolute Gasteiger partial charge is 0.461 e. The number of amides is 2. The molecule has 0 bridgehead atoms. The van der Waals surface area contributed by atoms with Crippen molar-refractivity contribution in [3.63, 3.8) is 0 Å². The second kappa shape index (κ2) is 14.4. The van der Waals surface area contributed by atoms with E-state index in [2.05, 4.69) is 50.5 Å². The molecule has 3 atom stereocenters. The van der Waals surface area contributed by atoms with Crippen molar-refractivity contribution in [1.82, 2.24) is 10.2 Å². The number of esters is 1. The minimum Gasteiger partial charge on any atom is -0.461 e. The molecular weight excluding hydrogens is 678 g/mol. The number of ether oxygens (including phenoxy) is 3. The van der Waals surface area contributed by atoms with Gasteiger partial charge in [-0.2, -0.15) is 0 Å². The molecular formula is C25H38I2N2O6. The molecule has 2 amide bonds. The average Bonchev–Trinajstić information content (AvgIpc) is 2.70. The molecule has 0 spiro atoms. The number of nitrogens with one attached hydrogen (secondary N) is 1. The number of hydrogen-bond acceptors (Lipinski definition) is 6. The highest BCUT2D eigenvalue weighted by Crippen LogP contribution is 2.25. The van der Waals surface area contributed by atoms with E-state index in [4.69, 9.17) is 14.2 Å². The van der Waals surface area contributed by atoms with Crippen molar-refractivity contribution in [2.75, 3.05) is 4.43 Å². The van der Waals surface area contributed by atoms with Crippen LogP contribution in [0.4, 0.5) is 9.59 Å². The van der Waals surface area contributed by atoms with Crippen LogP contribution in [-0.2, 0) is 25.6 Å². The maximum atomic E-state index is 13.2. The van der Waals surface area contributed by atoms with Crippen LogP contribution >= 0.6 is 45.2 Å². The maximum absolute atomic E-state index is 13.2. The van der Waals surface area contributed by atoms with Gasteiger partial charge < -0.3 is 19.5 Å². The Bertz CT molecular complexity index is 823. The summed E-state index contributed by atoms with van der Waals surface area (Å²) in [6, 6.07) is 8.38. The second-order valence-corrected chi connectivity index (χ2v) is 12.5. The molecule has 0 aliphatic carbocycles. The molecule has 1 N–H and O–H groups in total. The Morgan fingerprint density at radius 2 is 1.57 bits per heavy atom. The molecule has 1 aromatic rings. The highest BCUT2D eigenvalue weighted by molar-refractivity contribution is 14.1. The van der Waals surface area contributed by atoms with Gasteiger partial charge in [0.15, 0.2) is 0 Å². The fourth-order valence-electron chi connectivity index (χ4n) is 2.98. The molecule has 10 heteroatoms. The van der Waals surface area contributed by atoms with E-state index in [-0.39, 0.29) is 19.1 Å². The van der Waals surface area contributed by atoms with E-state index >= 15 is 0 Å². The van der Waals surface area contributed by atoms with Gasteiger partial charge in [-0.3, -0.25) is 9.69 Å². The molecule has 0 aliphatic rings. The van der Waals surface area contributed by atoms with Crippen molar-refractivity contribution >= 4 is 63.3 Å². The first-order chi connectivity index (χ1) is 16.1. The number of halogens is 2. The predicted octanol–water partition coefficient (Wildman–Crippen LogP) is 6.23. The van der Waals surface area contributed by atoms with Gasteiger partial charge in [0.2, 0.25) is 0 Å². The monoisotopic (exact) mass is 716 g/mol. The third-order valence-corrected chi connectivity index (χ3v) is 6.63. The van der Waals surface area contributed by atoms with E-state index in [1.807, 2.05) is 37.3 Å². The van der Waals surface area contributed by atoms with Crippen molar-refractivity contribution in [1.29, 1.82) is 0 Å². The summed E-state index contributed by atoms with van der Waals surface area (Å²) in [4.78, 5) is 40.1. The number of hydrogen-bond donors (Lipinski definition) is 1. The van der Waals surface area contributed by atoms with Gasteiger partial charge in [0.1, 0.15) is 21.9 Å². The molecule has 0 aliphatic heterocycles. The van der Waals surface area contributed by atoms with E-state index in [1.54, 1.807) is 46.4 Å². The molecule has 8 nitrogen and oxygen atoms in total. The number of rotatable bonds is 10. The van der Waals surface area contributed by atoms with Crippen molar-refractivity contribution in [2.24, 2.45) is 0 Å². The SMILES string of the molecule is C[C@H](CCI)N(C(=O)OC(C)(C)C)C(I)[C@H](CC(=O)OCc1ccccc1)NC(=O)OC(C)(C)C. The Balaban J connectivity index is 3.13. The first-order valence-electron chi connectivity index (χ1n) is 11.5. The number of alkyl halides is 2. The van der Waals surface area contributed by atoms with Crippen molar-refractivity contribution in [2.45, 2.75) is 95.2 Å². The summed E-state index contributed by atoms with van der Waals surface area (Å²) in [6.45, 7) is 12.7. The molecule has 0 saturated carbocycles. The van der Waals surface area contributed by atoms with Crippen LogP contribution in [0.2, 0.25) is 0 Å². The van der Waals surface area contributed by atoms with Crippen molar-refractivity contribution in [3.8, 4) is 0 Å². The van der Waals surface area contributed by atoms with Gasteiger partial charge in [-0.25, -0.2) is 9.59 Å². The Morgan fingerprint density at radius 1 is 1.00 bits per heavy atom. The van der Waals surface area contributed by atoms with Crippen LogP contribution in [0.25, 0.3) is 0 Å². The summed E-state index contributed by atoms with van der Waals surface area (Å²) in [5, 5.41) is 2.78. The normalized spacial score (nSPS) is 14.3. The maximum Gasteiger partial charge on any atom is 0.411 e. The van der Waals surface area contributed by atoms with Gasteiger partial charge >= 0.3 is 18.2 Å². The van der Waals surface area contributed by atoms with Crippen LogP contribution < -0.4 is 5.32 Å². The third kappa shape index (κ3) is 13.0. The number of alkyl carbamates (subject to hydrolysis) is 1. The third-order valence-electron chi connectivity index (χ3n) is 4.54. The Hall–Kier alpha value is -1.31. The lowest BCUT2D eigenvalue weighted by Gasteiger charge is -2.38. The molecule has 1 aromatic carbocycles. The predicted molar refractivity (Wildman–Crippen MR) is 153 cm³/mol. The summed E-state index contributed by atoms with van der Waals surface area (Å²) in [5.41, 5.74) is -0.560. The van der Waals surface area contributed by atoms with E-state index in [9.17, 15) is 14.4 Å². The van der Waals surface area contributed by atoms with E-state index in [0.29, 0.717) is 0 Å². The number of carbonyl (C=O) groups is 3. The molecule has 0 saturated heterocycles. The molecule has 198 valence electrons. The number of nitrogens with zero attached hydrogens (tertiary/aromatic N) is 1. The van der Waals surface area contributed by atoms with Crippen molar-refractivity contribution < 1.29 is 28.6 Å². The molecule has 0 radical (unpaired) electrons. The summed E-state index contributed by atoms with van der Waals surface area (Å²) in [6.07, 6.45) is -0.610. The lowest BCUT2D eigenvalue weighted by atomic mass is 10.1. The Kier molecular flexibility index (Phi) is 13.1. The van der Waals surface area contributed by atoms with Crippen molar-refractivity contribution in [3.05, 3.63) is 35.9 Å². The van der Waals surface area contributed by atoms with Gasteiger partial charge in [0.05, 0.1) is 12.5 Å². The van der Waals surface area contributed by atoms with Crippen LogP contribution in [0.3, 0.4) is 0 Å². The van der Waals surface area contributed by atoms with Gasteiger partial charge in [-0.15, -0.1) is 0 Å². The van der Waals surface area contributed by atoms with Crippen LogP contribution in [0.5, 0.6) is 0 Å². The van der Waals surface area contributed by atoms with Crippen LogP contribution in [-0.4, -0.2) is 54.8 Å². The zero-order valence-corrected chi connectivity index (χ0v) is 25.9. The minimum absolute atomic E-state index is 0.117. The zero-order valence-electron chi connectivity index (χ0n) is 21.6. The second-order valence-electron chi connectivity index (χ2n) is 10.2. The quantitative estimate of drug-likeness (QED) is 0.102. The molecule has 1 unspecified atom stereocenters. The van der Waals surface area contributed by atoms with Gasteiger partial charge in [0, 0.05) is 10.5 Å². The van der Waals surface area contributed by atoms with E-state index in [1.165, 1.54) is 0 Å². The van der Waals surface area contributed by atoms with Gasteiger partial charge in [0.25, 0.3) is 0 Å². The molecule has 0 aromatic heterocycles. The fourth-order valence-corrected chi connectivity index (χ4v) is 5.09. The first-order valence-corrected chi connectivity index (χ1v) is 14.3. The first kappa shape index (κ1) is 31.7. The molecule has 0 heterocycles. The Morgan fingerprint density at radius 3 is 2.09 bits per heavy atom. The summed E-state index contributed by atoms with van der Waals surface area (Å²) in [7, 11) is 0. The van der Waals surface area contributed by atoms with Gasteiger partial charge in [-0.1, -0.05) is 75.5 Å². The highest BCUT2D eigenvalue weighted by Gasteiger charge is 2.37. The topological polar surface area (TPSA) is 94.2 Å². The minimum atomic E-state index is -0.766. The smallest absolute Gasteiger partial charge is 0.411 e. The molecule has 0 fully saturated rings. The number of benzene rings is 1. The molecule has 35 heavy (non-hydrogen) atoms. The van der Waals surface area contributed by atoms with E-state index < -0.39 is 39.4 Å². The number of carbonyl (C=O) groups excluding carboxylic acids is 3. The fraction of sp³-hybridized carbons (Fsp3) is 0.640. The molecule has 1 rings (SSSR count). The van der Waals surface area contributed by atoms with Crippen LogP contribution in [0.15, 0.2) is 30.3 Å². The summed E-state index contributed by atoms with van der Waals surface area (Å²) < 4.78 is 16.7. The lowest BCUT2D eigenvalue weighted by Crippen LogP contribution is -2.55. The highest BCUT2D eigenvalue weighted by atomic mass is 127. The van der Waals surface area contributed by atoms with Crippen LogP contribution in [0, 0.1) is 0 Å². The standard InChI is InChI=1S/C25H38I2N2O6/c1-17(13-14-26)29(23(32)35-25(5,6)7)21(27)19(28-22(31)34-24(2,3)4)15-20(30)33-16-18-11-9-8-10-12-18/h8-12,17,19,21H,13-16H2,1-7H3,(H,28,31)/t17-,19+,21?/m1/s1.